The van der Waals surface area contributed by atoms with Gasteiger partial charge in [0.15, 0.2) is 0 Å². The summed E-state index contributed by atoms with van der Waals surface area (Å²) in [7, 11) is 0. The Balaban J connectivity index is 1.98. The predicted molar refractivity (Wildman–Crippen MR) is 77.0 cm³/mol. The van der Waals surface area contributed by atoms with Crippen LogP contribution in [0.3, 0.4) is 0 Å². The average Bonchev–Trinajstić information content (AvgIpc) is 2.94. The first-order valence-corrected chi connectivity index (χ1v) is 6.92. The summed E-state index contributed by atoms with van der Waals surface area (Å²) in [5.74, 6) is 1.69. The minimum atomic E-state index is 0.174. The van der Waals surface area contributed by atoms with Crippen molar-refractivity contribution in [1.29, 1.82) is 0 Å². The number of hydrogen-bond donors (Lipinski definition) is 2. The second kappa shape index (κ2) is 5.51. The van der Waals surface area contributed by atoms with Crippen LogP contribution >= 0.6 is 0 Å². The quantitative estimate of drug-likeness (QED) is 0.755. The summed E-state index contributed by atoms with van der Waals surface area (Å²) in [5, 5.41) is 3.55. The molecular weight excluding hydrogens is 224 g/mol. The van der Waals surface area contributed by atoms with E-state index < -0.39 is 0 Å². The van der Waals surface area contributed by atoms with Gasteiger partial charge in [0.2, 0.25) is 0 Å². The van der Waals surface area contributed by atoms with Crippen molar-refractivity contribution in [3.8, 4) is 5.75 Å². The Bertz CT molecular complexity index is 403. The van der Waals surface area contributed by atoms with E-state index in [1.165, 1.54) is 19.3 Å². The Morgan fingerprint density at radius 2 is 2.17 bits per heavy atom. The molecule has 2 unspecified atom stereocenters. The highest BCUT2D eigenvalue weighted by atomic mass is 16.5. The van der Waals surface area contributed by atoms with E-state index >= 15 is 0 Å². The molecular formula is C15H24N2O. The van der Waals surface area contributed by atoms with Crippen molar-refractivity contribution < 1.29 is 4.74 Å². The Labute approximate surface area is 110 Å². The number of hydrogen-bond acceptors (Lipinski definition) is 3. The third-order valence-electron chi connectivity index (χ3n) is 3.23. The zero-order valence-electron chi connectivity index (χ0n) is 11.6. The molecule has 3 N–H and O–H groups in total. The van der Waals surface area contributed by atoms with Gasteiger partial charge in [0.1, 0.15) is 5.75 Å². The van der Waals surface area contributed by atoms with Gasteiger partial charge in [-0.1, -0.05) is 13.3 Å². The molecule has 1 aromatic rings. The van der Waals surface area contributed by atoms with Gasteiger partial charge in [0, 0.05) is 29.5 Å². The van der Waals surface area contributed by atoms with Crippen LogP contribution in [0.2, 0.25) is 0 Å². The normalized spacial score (nSPS) is 22.0. The third kappa shape index (κ3) is 3.56. The van der Waals surface area contributed by atoms with Gasteiger partial charge in [-0.3, -0.25) is 0 Å². The molecule has 0 spiro atoms. The van der Waals surface area contributed by atoms with Crippen LogP contribution in [0, 0.1) is 5.92 Å². The van der Waals surface area contributed by atoms with Gasteiger partial charge in [-0.25, -0.2) is 0 Å². The lowest BCUT2D eigenvalue weighted by molar-refractivity contribution is 0.242. The highest BCUT2D eigenvalue weighted by Gasteiger charge is 2.35. The molecule has 0 bridgehead atoms. The molecule has 1 aliphatic carbocycles. The van der Waals surface area contributed by atoms with E-state index in [-0.39, 0.29) is 6.10 Å². The van der Waals surface area contributed by atoms with E-state index in [0.29, 0.717) is 6.04 Å². The number of nitrogen functional groups attached to an aromatic ring is 1. The van der Waals surface area contributed by atoms with Gasteiger partial charge in [0.25, 0.3) is 0 Å². The zero-order chi connectivity index (χ0) is 13.1. The maximum atomic E-state index is 5.90. The maximum Gasteiger partial charge on any atom is 0.123 e. The summed E-state index contributed by atoms with van der Waals surface area (Å²) in [5.41, 5.74) is 7.74. The van der Waals surface area contributed by atoms with Crippen LogP contribution in [0.25, 0.3) is 0 Å². The number of ether oxygens (including phenoxy) is 1. The molecule has 2 rings (SSSR count). The number of anilines is 2. The maximum absolute atomic E-state index is 5.90. The first-order chi connectivity index (χ1) is 8.58. The second-order valence-electron chi connectivity index (χ2n) is 5.49. The summed E-state index contributed by atoms with van der Waals surface area (Å²) < 4.78 is 5.69. The van der Waals surface area contributed by atoms with E-state index in [9.17, 15) is 0 Å². The minimum absolute atomic E-state index is 0.174. The van der Waals surface area contributed by atoms with Crippen molar-refractivity contribution in [2.75, 3.05) is 11.1 Å². The highest BCUT2D eigenvalue weighted by molar-refractivity contribution is 5.60. The molecule has 1 aliphatic rings. The number of nitrogens with two attached hydrogens (primary N) is 1. The van der Waals surface area contributed by atoms with Crippen molar-refractivity contribution >= 4 is 11.4 Å². The molecule has 0 saturated heterocycles. The van der Waals surface area contributed by atoms with Crippen LogP contribution in [0.1, 0.15) is 40.0 Å². The lowest BCUT2D eigenvalue weighted by Gasteiger charge is -2.13. The summed E-state index contributed by atoms with van der Waals surface area (Å²) in [6.07, 6.45) is 4.04. The summed E-state index contributed by atoms with van der Waals surface area (Å²) >= 11 is 0. The molecule has 2 atom stereocenters. The summed E-state index contributed by atoms with van der Waals surface area (Å²) in [6.45, 7) is 6.29. The highest BCUT2D eigenvalue weighted by Crippen LogP contribution is 2.38. The predicted octanol–water partition coefficient (Wildman–Crippen LogP) is 3.66. The van der Waals surface area contributed by atoms with Crippen LogP contribution in [0.4, 0.5) is 11.4 Å². The standard InChI is InChI=1S/C15H24N2O/c1-4-5-11-6-15(11)17-13-7-12(16)8-14(9-13)18-10(2)3/h7-11,15,17H,4-6,16H2,1-3H3. The van der Waals surface area contributed by atoms with Crippen LogP contribution in [0.15, 0.2) is 18.2 Å². The fourth-order valence-corrected chi connectivity index (χ4v) is 2.37. The average molecular weight is 248 g/mol. The Morgan fingerprint density at radius 1 is 1.39 bits per heavy atom. The molecule has 0 aliphatic heterocycles. The summed E-state index contributed by atoms with van der Waals surface area (Å²) in [6, 6.07) is 6.52. The van der Waals surface area contributed by atoms with Gasteiger partial charge in [0.05, 0.1) is 6.10 Å². The molecule has 0 radical (unpaired) electrons. The number of rotatable bonds is 6. The third-order valence-corrected chi connectivity index (χ3v) is 3.23. The van der Waals surface area contributed by atoms with Gasteiger partial charge in [-0.2, -0.15) is 0 Å². The second-order valence-corrected chi connectivity index (χ2v) is 5.49. The van der Waals surface area contributed by atoms with E-state index in [2.05, 4.69) is 12.2 Å². The van der Waals surface area contributed by atoms with Gasteiger partial charge >= 0.3 is 0 Å². The topological polar surface area (TPSA) is 47.3 Å². The van der Waals surface area contributed by atoms with E-state index in [1.54, 1.807) is 0 Å². The monoisotopic (exact) mass is 248 g/mol. The van der Waals surface area contributed by atoms with Crippen molar-refractivity contribution in [3.63, 3.8) is 0 Å². The lowest BCUT2D eigenvalue weighted by atomic mass is 10.2. The number of nitrogens with one attached hydrogen (secondary N) is 1. The first kappa shape index (κ1) is 13.1. The van der Waals surface area contributed by atoms with Gasteiger partial charge in [-0.15, -0.1) is 0 Å². The minimum Gasteiger partial charge on any atom is -0.491 e. The van der Waals surface area contributed by atoms with E-state index in [0.717, 1.165) is 23.0 Å². The van der Waals surface area contributed by atoms with Crippen LogP contribution in [0.5, 0.6) is 5.75 Å². The van der Waals surface area contributed by atoms with Crippen molar-refractivity contribution in [3.05, 3.63) is 18.2 Å². The van der Waals surface area contributed by atoms with Gasteiger partial charge in [-0.05, 0) is 38.7 Å². The Hall–Kier alpha value is -1.38. The first-order valence-electron chi connectivity index (χ1n) is 6.92. The van der Waals surface area contributed by atoms with Crippen molar-refractivity contribution in [1.82, 2.24) is 0 Å². The molecule has 100 valence electrons. The van der Waals surface area contributed by atoms with E-state index in [1.807, 2.05) is 32.0 Å². The smallest absolute Gasteiger partial charge is 0.123 e. The number of benzene rings is 1. The molecule has 3 heteroatoms. The molecule has 0 aromatic heterocycles. The van der Waals surface area contributed by atoms with Crippen LogP contribution in [-0.2, 0) is 0 Å². The van der Waals surface area contributed by atoms with E-state index in [4.69, 9.17) is 10.5 Å². The van der Waals surface area contributed by atoms with Crippen LogP contribution in [-0.4, -0.2) is 12.1 Å². The van der Waals surface area contributed by atoms with Crippen LogP contribution < -0.4 is 15.8 Å². The zero-order valence-corrected chi connectivity index (χ0v) is 11.6. The Morgan fingerprint density at radius 3 is 2.83 bits per heavy atom. The fraction of sp³-hybridized carbons (Fsp3) is 0.600. The van der Waals surface area contributed by atoms with Crippen molar-refractivity contribution in [2.24, 2.45) is 5.92 Å². The van der Waals surface area contributed by atoms with Gasteiger partial charge < -0.3 is 15.8 Å². The largest absolute Gasteiger partial charge is 0.491 e. The fourth-order valence-electron chi connectivity index (χ4n) is 2.37. The Kier molecular flexibility index (Phi) is 4.00. The molecule has 0 amide bonds. The molecule has 18 heavy (non-hydrogen) atoms. The lowest BCUT2D eigenvalue weighted by Crippen LogP contribution is -2.08. The molecule has 1 fully saturated rings. The molecule has 0 heterocycles. The molecule has 1 aromatic carbocycles. The molecule has 1 saturated carbocycles. The van der Waals surface area contributed by atoms with Crippen molar-refractivity contribution in [2.45, 2.75) is 52.2 Å². The molecule has 3 nitrogen and oxygen atoms in total. The summed E-state index contributed by atoms with van der Waals surface area (Å²) in [4.78, 5) is 0. The SMILES string of the molecule is CCCC1CC1Nc1cc(N)cc(OC(C)C)c1.